The zero-order chi connectivity index (χ0) is 13.3. The van der Waals surface area contributed by atoms with Crippen molar-refractivity contribution < 1.29 is 4.79 Å². The Labute approximate surface area is 126 Å². The maximum Gasteiger partial charge on any atom is 0.258 e. The van der Waals surface area contributed by atoms with Crippen LogP contribution in [0.25, 0.3) is 0 Å². The lowest BCUT2D eigenvalue weighted by atomic mass is 10.2. The average molecular weight is 366 g/mol. The first-order valence-electron chi connectivity index (χ1n) is 4.78. The van der Waals surface area contributed by atoms with Gasteiger partial charge in [-0.15, -0.1) is 11.3 Å². The summed E-state index contributed by atoms with van der Waals surface area (Å²) in [4.78, 5) is 12.0. The number of hydrogen-bond acceptors (Lipinski definition) is 3. The van der Waals surface area contributed by atoms with Gasteiger partial charge in [0.05, 0.1) is 15.6 Å². The summed E-state index contributed by atoms with van der Waals surface area (Å²) in [5, 5.41) is 2.73. The van der Waals surface area contributed by atoms with Crippen LogP contribution in [0.5, 0.6) is 0 Å². The first-order chi connectivity index (χ1) is 8.47. The van der Waals surface area contributed by atoms with Crippen LogP contribution in [0.1, 0.15) is 10.4 Å². The molecule has 2 aromatic rings. The van der Waals surface area contributed by atoms with E-state index in [0.717, 1.165) is 11.3 Å². The molecule has 3 N–H and O–H groups in total. The molecule has 0 spiro atoms. The molecule has 94 valence electrons. The summed E-state index contributed by atoms with van der Waals surface area (Å²) in [5.74, 6) is -0.311. The van der Waals surface area contributed by atoms with E-state index in [1.807, 2.05) is 0 Å². The van der Waals surface area contributed by atoms with E-state index in [1.165, 1.54) is 6.07 Å². The van der Waals surface area contributed by atoms with Crippen molar-refractivity contribution in [1.82, 2.24) is 0 Å². The number of carbonyl (C=O) groups excluding carboxylic acids is 1. The van der Waals surface area contributed by atoms with Crippen molar-refractivity contribution in [2.45, 2.75) is 0 Å². The minimum Gasteiger partial charge on any atom is -0.399 e. The molecule has 0 aliphatic carbocycles. The molecule has 0 radical (unpaired) electrons. The van der Waals surface area contributed by atoms with Gasteiger partial charge in [-0.1, -0.05) is 23.2 Å². The minimum absolute atomic E-state index is 0.311. The van der Waals surface area contributed by atoms with E-state index >= 15 is 0 Å². The number of anilines is 2. The van der Waals surface area contributed by atoms with E-state index in [2.05, 4.69) is 21.2 Å². The first kappa shape index (κ1) is 13.7. The standard InChI is InChI=1S/C11H7BrCl2N2OS/c12-7-3-5(15)1-2-8(7)16-11(17)6-4-9(13)18-10(6)14/h1-4H,15H2,(H,16,17). The Morgan fingerprint density at radius 2 is 2.06 bits per heavy atom. The zero-order valence-corrected chi connectivity index (χ0v) is 12.8. The Hall–Kier alpha value is -0.750. The number of thiophene rings is 1. The van der Waals surface area contributed by atoms with Gasteiger partial charge in [0.15, 0.2) is 0 Å². The largest absolute Gasteiger partial charge is 0.399 e. The van der Waals surface area contributed by atoms with Crippen molar-refractivity contribution in [1.29, 1.82) is 0 Å². The first-order valence-corrected chi connectivity index (χ1v) is 7.15. The summed E-state index contributed by atoms with van der Waals surface area (Å²) in [6.07, 6.45) is 0. The van der Waals surface area contributed by atoms with Gasteiger partial charge in [-0.2, -0.15) is 0 Å². The van der Waals surface area contributed by atoms with Crippen molar-refractivity contribution in [3.8, 4) is 0 Å². The third-order valence-corrected chi connectivity index (χ3v) is 4.29. The van der Waals surface area contributed by atoms with Crippen LogP contribution < -0.4 is 11.1 Å². The third-order valence-electron chi connectivity index (χ3n) is 2.14. The van der Waals surface area contributed by atoms with Crippen LogP contribution in [-0.4, -0.2) is 5.91 Å². The van der Waals surface area contributed by atoms with E-state index in [0.29, 0.717) is 30.1 Å². The van der Waals surface area contributed by atoms with Crippen LogP contribution >= 0.6 is 50.5 Å². The van der Waals surface area contributed by atoms with Crippen LogP contribution in [-0.2, 0) is 0 Å². The second kappa shape index (κ2) is 5.48. The number of amides is 1. The van der Waals surface area contributed by atoms with Crippen molar-refractivity contribution >= 4 is 67.8 Å². The van der Waals surface area contributed by atoms with Crippen molar-refractivity contribution in [3.05, 3.63) is 43.0 Å². The lowest BCUT2D eigenvalue weighted by Crippen LogP contribution is -2.11. The summed E-state index contributed by atoms with van der Waals surface area (Å²) in [6.45, 7) is 0. The van der Waals surface area contributed by atoms with E-state index in [1.54, 1.807) is 18.2 Å². The lowest BCUT2D eigenvalue weighted by Gasteiger charge is -2.07. The molecule has 0 aliphatic rings. The molecule has 0 bridgehead atoms. The molecular formula is C11H7BrCl2N2OS. The zero-order valence-electron chi connectivity index (χ0n) is 8.84. The fourth-order valence-corrected chi connectivity index (χ4v) is 3.27. The van der Waals surface area contributed by atoms with Crippen molar-refractivity contribution in [2.24, 2.45) is 0 Å². The van der Waals surface area contributed by atoms with Gasteiger partial charge in [-0.05, 0) is 40.2 Å². The van der Waals surface area contributed by atoms with Crippen LogP contribution in [0, 0.1) is 0 Å². The molecule has 1 amide bonds. The van der Waals surface area contributed by atoms with Crippen LogP contribution in [0.15, 0.2) is 28.7 Å². The summed E-state index contributed by atoms with van der Waals surface area (Å²) in [5.41, 5.74) is 7.20. The van der Waals surface area contributed by atoms with Crippen LogP contribution in [0.3, 0.4) is 0 Å². The molecular weight excluding hydrogens is 359 g/mol. The number of halogens is 3. The quantitative estimate of drug-likeness (QED) is 0.761. The number of carbonyl (C=O) groups is 1. The maximum absolute atomic E-state index is 12.0. The van der Waals surface area contributed by atoms with Gasteiger partial charge >= 0.3 is 0 Å². The molecule has 1 heterocycles. The summed E-state index contributed by atoms with van der Waals surface area (Å²) < 4.78 is 1.54. The van der Waals surface area contributed by atoms with Gasteiger partial charge in [-0.25, -0.2) is 0 Å². The van der Waals surface area contributed by atoms with E-state index in [-0.39, 0.29) is 5.91 Å². The minimum atomic E-state index is -0.311. The van der Waals surface area contributed by atoms with Gasteiger partial charge in [0.1, 0.15) is 4.34 Å². The molecule has 0 atom stereocenters. The Morgan fingerprint density at radius 3 is 2.61 bits per heavy atom. The molecule has 1 aromatic heterocycles. The van der Waals surface area contributed by atoms with Crippen LogP contribution in [0.2, 0.25) is 8.67 Å². The highest BCUT2D eigenvalue weighted by atomic mass is 79.9. The highest BCUT2D eigenvalue weighted by Crippen LogP contribution is 2.32. The highest BCUT2D eigenvalue weighted by molar-refractivity contribution is 9.10. The second-order valence-electron chi connectivity index (χ2n) is 3.43. The van der Waals surface area contributed by atoms with Crippen molar-refractivity contribution in [2.75, 3.05) is 11.1 Å². The normalized spacial score (nSPS) is 10.4. The molecule has 18 heavy (non-hydrogen) atoms. The molecule has 0 unspecified atom stereocenters. The molecule has 0 saturated carbocycles. The summed E-state index contributed by atoms with van der Waals surface area (Å²) >= 11 is 16.2. The van der Waals surface area contributed by atoms with Gasteiger partial charge < -0.3 is 11.1 Å². The number of hydrogen-bond donors (Lipinski definition) is 2. The van der Waals surface area contributed by atoms with E-state index in [4.69, 9.17) is 28.9 Å². The van der Waals surface area contributed by atoms with Gasteiger partial charge in [0, 0.05) is 10.2 Å². The monoisotopic (exact) mass is 364 g/mol. The molecule has 1 aromatic carbocycles. The Kier molecular flexibility index (Phi) is 4.17. The van der Waals surface area contributed by atoms with Crippen molar-refractivity contribution in [3.63, 3.8) is 0 Å². The number of nitrogens with one attached hydrogen (secondary N) is 1. The molecule has 2 rings (SSSR count). The fraction of sp³-hybridized carbons (Fsp3) is 0. The maximum atomic E-state index is 12.0. The SMILES string of the molecule is Nc1ccc(NC(=O)c2cc(Cl)sc2Cl)c(Br)c1. The number of rotatable bonds is 2. The highest BCUT2D eigenvalue weighted by Gasteiger charge is 2.15. The lowest BCUT2D eigenvalue weighted by molar-refractivity contribution is 0.102. The van der Waals surface area contributed by atoms with Gasteiger partial charge in [0.25, 0.3) is 5.91 Å². The van der Waals surface area contributed by atoms with Gasteiger partial charge in [-0.3, -0.25) is 4.79 Å². The fourth-order valence-electron chi connectivity index (χ4n) is 1.32. The second-order valence-corrected chi connectivity index (χ2v) is 6.57. The molecule has 7 heteroatoms. The smallest absolute Gasteiger partial charge is 0.258 e. The van der Waals surface area contributed by atoms with E-state index in [9.17, 15) is 4.79 Å². The predicted octanol–water partition coefficient (Wildman–Crippen LogP) is 4.65. The Bertz CT molecular complexity index is 615. The average Bonchev–Trinajstić information content (AvgIpc) is 2.62. The molecule has 3 nitrogen and oxygen atoms in total. The Morgan fingerprint density at radius 1 is 1.33 bits per heavy atom. The third kappa shape index (κ3) is 2.98. The molecule has 0 fully saturated rings. The number of nitrogen functional groups attached to an aromatic ring is 1. The predicted molar refractivity (Wildman–Crippen MR) is 80.8 cm³/mol. The topological polar surface area (TPSA) is 55.1 Å². The Balaban J connectivity index is 2.24. The van der Waals surface area contributed by atoms with E-state index < -0.39 is 0 Å². The molecule has 0 aliphatic heterocycles. The number of benzene rings is 1. The van der Waals surface area contributed by atoms with Crippen LogP contribution in [0.4, 0.5) is 11.4 Å². The van der Waals surface area contributed by atoms with Gasteiger partial charge in [0.2, 0.25) is 0 Å². The summed E-state index contributed by atoms with van der Waals surface area (Å²) in [7, 11) is 0. The summed E-state index contributed by atoms with van der Waals surface area (Å²) in [6, 6.07) is 6.65. The number of nitrogens with two attached hydrogens (primary N) is 1. The molecule has 0 saturated heterocycles.